The van der Waals surface area contributed by atoms with E-state index < -0.39 is 22.4 Å². The van der Waals surface area contributed by atoms with E-state index in [0.29, 0.717) is 13.2 Å². The van der Waals surface area contributed by atoms with Crippen molar-refractivity contribution in [1.82, 2.24) is 0 Å². The van der Waals surface area contributed by atoms with Gasteiger partial charge in [-0.25, -0.2) is 9.18 Å². The minimum atomic E-state index is -0.858. The summed E-state index contributed by atoms with van der Waals surface area (Å²) >= 11 is 0. The Balaban J connectivity index is 2.05. The van der Waals surface area contributed by atoms with Crippen molar-refractivity contribution in [3.63, 3.8) is 0 Å². The van der Waals surface area contributed by atoms with Gasteiger partial charge in [-0.15, -0.1) is 0 Å². The van der Waals surface area contributed by atoms with E-state index in [1.54, 1.807) is 4.90 Å². The Morgan fingerprint density at radius 1 is 1.57 bits per heavy atom. The van der Waals surface area contributed by atoms with Gasteiger partial charge in [-0.05, 0) is 12.5 Å². The lowest BCUT2D eigenvalue weighted by atomic mass is 10.1. The second-order valence-electron chi connectivity index (χ2n) is 5.07. The Hall–Kier alpha value is -2.22. The van der Waals surface area contributed by atoms with Gasteiger partial charge >= 0.3 is 5.97 Å². The number of anilines is 1. The first-order valence-corrected chi connectivity index (χ1v) is 6.45. The fraction of sp³-hybridized carbons (Fsp3) is 0.462. The highest BCUT2D eigenvalue weighted by Crippen LogP contribution is 2.36. The van der Waals surface area contributed by atoms with E-state index in [-0.39, 0.29) is 23.4 Å². The maximum absolute atomic E-state index is 14.2. The van der Waals surface area contributed by atoms with Gasteiger partial charge in [0.2, 0.25) is 0 Å². The smallest absolute Gasteiger partial charge is 0.344 e. The molecular weight excluding hydrogens is 283 g/mol. The van der Waals surface area contributed by atoms with Crippen molar-refractivity contribution < 1.29 is 23.6 Å². The van der Waals surface area contributed by atoms with E-state index in [4.69, 9.17) is 4.74 Å². The van der Waals surface area contributed by atoms with E-state index in [1.165, 1.54) is 6.07 Å². The number of nitrogens with zero attached hydrogens (tertiary/aromatic N) is 2. The highest BCUT2D eigenvalue weighted by atomic mass is 19.1. The van der Waals surface area contributed by atoms with Crippen molar-refractivity contribution in [3.05, 3.63) is 33.6 Å². The molecule has 8 heteroatoms. The van der Waals surface area contributed by atoms with Gasteiger partial charge in [-0.1, -0.05) is 0 Å². The molecule has 2 aliphatic rings. The van der Waals surface area contributed by atoms with Gasteiger partial charge in [-0.2, -0.15) is 0 Å². The zero-order valence-electron chi connectivity index (χ0n) is 11.2. The van der Waals surface area contributed by atoms with Gasteiger partial charge in [0, 0.05) is 6.54 Å². The lowest BCUT2D eigenvalue weighted by molar-refractivity contribution is -0.385. The second-order valence-corrected chi connectivity index (χ2v) is 5.07. The molecule has 2 saturated heterocycles. The van der Waals surface area contributed by atoms with Gasteiger partial charge in [0.1, 0.15) is 5.56 Å². The average molecular weight is 296 g/mol. The van der Waals surface area contributed by atoms with Crippen molar-refractivity contribution >= 4 is 17.3 Å². The Kier molecular flexibility index (Phi) is 3.25. The highest BCUT2D eigenvalue weighted by Gasteiger charge is 2.40. The Morgan fingerprint density at radius 3 is 2.86 bits per heavy atom. The third-order valence-corrected chi connectivity index (χ3v) is 3.88. The summed E-state index contributed by atoms with van der Waals surface area (Å²) in [5.74, 6) is -1.58. The molecule has 0 radical (unpaired) electrons. The van der Waals surface area contributed by atoms with E-state index >= 15 is 0 Å². The summed E-state index contributed by atoms with van der Waals surface area (Å²) in [5.41, 5.74) is -0.664. The number of fused-ring (bicyclic) bond motifs is 2. The summed E-state index contributed by atoms with van der Waals surface area (Å²) in [7, 11) is 1.13. The molecule has 2 fully saturated rings. The van der Waals surface area contributed by atoms with Crippen LogP contribution in [0.4, 0.5) is 15.8 Å². The van der Waals surface area contributed by atoms with Crippen LogP contribution >= 0.6 is 0 Å². The fourth-order valence-electron chi connectivity index (χ4n) is 2.89. The van der Waals surface area contributed by atoms with Crippen LogP contribution < -0.4 is 4.90 Å². The Morgan fingerprint density at radius 2 is 2.33 bits per heavy atom. The first-order valence-electron chi connectivity index (χ1n) is 6.45. The zero-order valence-corrected chi connectivity index (χ0v) is 11.2. The molecule has 112 valence electrons. The van der Waals surface area contributed by atoms with Crippen LogP contribution in [0.5, 0.6) is 0 Å². The van der Waals surface area contributed by atoms with Crippen molar-refractivity contribution in [1.29, 1.82) is 0 Å². The van der Waals surface area contributed by atoms with Crippen molar-refractivity contribution in [2.75, 3.05) is 25.2 Å². The molecule has 0 spiro atoms. The van der Waals surface area contributed by atoms with E-state index in [2.05, 4.69) is 4.74 Å². The van der Waals surface area contributed by atoms with Crippen LogP contribution in [0.2, 0.25) is 0 Å². The lowest BCUT2D eigenvalue weighted by Gasteiger charge is -2.29. The van der Waals surface area contributed by atoms with Gasteiger partial charge in [0.25, 0.3) is 5.69 Å². The number of hydrogen-bond acceptors (Lipinski definition) is 6. The van der Waals surface area contributed by atoms with E-state index in [1.807, 2.05) is 0 Å². The maximum atomic E-state index is 14.2. The SMILES string of the molecule is COC(=O)c1cc(N2C[C@@H]3C[C@H]2CO3)c(F)cc1[N+](=O)[O-]. The molecule has 2 bridgehead atoms. The number of halogens is 1. The van der Waals surface area contributed by atoms with Crippen molar-refractivity contribution in [3.8, 4) is 0 Å². The number of carbonyl (C=O) groups excluding carboxylic acids is 1. The van der Waals surface area contributed by atoms with E-state index in [9.17, 15) is 19.3 Å². The van der Waals surface area contributed by atoms with Gasteiger partial charge < -0.3 is 14.4 Å². The molecule has 21 heavy (non-hydrogen) atoms. The van der Waals surface area contributed by atoms with Crippen molar-refractivity contribution in [2.45, 2.75) is 18.6 Å². The number of esters is 1. The number of morpholine rings is 1. The average Bonchev–Trinajstić information content (AvgIpc) is 3.08. The van der Waals surface area contributed by atoms with Gasteiger partial charge in [-0.3, -0.25) is 10.1 Å². The molecule has 0 amide bonds. The first kappa shape index (κ1) is 13.7. The minimum absolute atomic E-state index is 0.0384. The zero-order chi connectivity index (χ0) is 15.1. The standard InChI is InChI=1S/C13H13FN2O5/c1-20-13(17)9-3-12(10(14)4-11(9)16(18)19)15-5-8-2-7(15)6-21-8/h3-4,7-8H,2,5-6H2,1H3/t7-,8-/m0/s1. The molecule has 1 aromatic rings. The van der Waals surface area contributed by atoms with Crippen molar-refractivity contribution in [2.24, 2.45) is 0 Å². The molecule has 2 aliphatic heterocycles. The summed E-state index contributed by atoms with van der Waals surface area (Å²) < 4.78 is 24.2. The topological polar surface area (TPSA) is 81.9 Å². The quantitative estimate of drug-likeness (QED) is 0.477. The summed E-state index contributed by atoms with van der Waals surface area (Å²) in [6.45, 7) is 1.01. The molecule has 7 nitrogen and oxygen atoms in total. The van der Waals surface area contributed by atoms with E-state index in [0.717, 1.165) is 19.6 Å². The number of ether oxygens (including phenoxy) is 2. The molecule has 3 rings (SSSR count). The second kappa shape index (κ2) is 4.96. The van der Waals surface area contributed by atoms with Crippen LogP contribution in [-0.4, -0.2) is 43.3 Å². The number of rotatable bonds is 3. The number of hydrogen-bond donors (Lipinski definition) is 0. The van der Waals surface area contributed by atoms with Crippen LogP contribution in [0.25, 0.3) is 0 Å². The number of nitro benzene ring substituents is 1. The fourth-order valence-corrected chi connectivity index (χ4v) is 2.89. The third-order valence-electron chi connectivity index (χ3n) is 3.88. The first-order chi connectivity index (χ1) is 10.0. The lowest BCUT2D eigenvalue weighted by Crippen LogP contribution is -2.37. The number of nitro groups is 1. The number of benzene rings is 1. The molecule has 0 aliphatic carbocycles. The third kappa shape index (κ3) is 2.21. The molecule has 2 atom stereocenters. The Labute approximate surface area is 119 Å². The largest absolute Gasteiger partial charge is 0.465 e. The summed E-state index contributed by atoms with van der Waals surface area (Å²) in [6, 6.07) is 2.01. The molecule has 0 unspecified atom stereocenters. The number of carbonyl (C=O) groups is 1. The van der Waals surface area contributed by atoms with Gasteiger partial charge in [0.15, 0.2) is 5.82 Å². The summed E-state index contributed by atoms with van der Waals surface area (Å²) in [4.78, 5) is 23.6. The highest BCUT2D eigenvalue weighted by molar-refractivity contribution is 5.95. The molecule has 2 heterocycles. The molecule has 0 N–H and O–H groups in total. The van der Waals surface area contributed by atoms with Gasteiger partial charge in [0.05, 0.1) is 42.5 Å². The summed E-state index contributed by atoms with van der Waals surface area (Å²) in [6.07, 6.45) is 0.843. The van der Waals surface area contributed by atoms with Crippen LogP contribution in [0, 0.1) is 15.9 Å². The summed E-state index contributed by atoms with van der Waals surface area (Å²) in [5, 5.41) is 11.0. The minimum Gasteiger partial charge on any atom is -0.465 e. The van der Waals surface area contributed by atoms with Crippen LogP contribution in [0.3, 0.4) is 0 Å². The molecule has 1 aromatic carbocycles. The van der Waals surface area contributed by atoms with Crippen LogP contribution in [0.1, 0.15) is 16.8 Å². The Bertz CT molecular complexity index is 621. The normalized spacial score (nSPS) is 23.4. The predicted octanol–water partition coefficient (Wildman–Crippen LogP) is 1.50. The van der Waals surface area contributed by atoms with Crippen LogP contribution in [-0.2, 0) is 9.47 Å². The maximum Gasteiger partial charge on any atom is 0.344 e. The number of methoxy groups -OCH3 is 1. The monoisotopic (exact) mass is 296 g/mol. The molecule has 0 aromatic heterocycles. The molecular formula is C13H13FN2O5. The van der Waals surface area contributed by atoms with Crippen LogP contribution in [0.15, 0.2) is 12.1 Å². The molecule has 0 saturated carbocycles. The predicted molar refractivity (Wildman–Crippen MR) is 69.9 cm³/mol.